The van der Waals surface area contributed by atoms with Gasteiger partial charge in [0, 0.05) is 15.6 Å². The SMILES string of the molecule is O=c1nc(-c2ccc(-c3ccccc3)cc2)c2sc3cccc(Cl)c3c2[nH]1. The number of nitrogens with zero attached hydrogens (tertiary/aromatic N) is 1. The molecule has 0 bridgehead atoms. The highest BCUT2D eigenvalue weighted by Crippen LogP contribution is 2.40. The topological polar surface area (TPSA) is 45.8 Å². The minimum atomic E-state index is -0.371. The Labute approximate surface area is 163 Å². The van der Waals surface area contributed by atoms with Gasteiger partial charge in [0.2, 0.25) is 0 Å². The summed E-state index contributed by atoms with van der Waals surface area (Å²) in [6.07, 6.45) is 0. The number of benzene rings is 3. The molecule has 0 atom stereocenters. The highest BCUT2D eigenvalue weighted by atomic mass is 35.5. The second-order valence-electron chi connectivity index (χ2n) is 6.25. The van der Waals surface area contributed by atoms with Crippen LogP contribution in [0.15, 0.2) is 77.6 Å². The van der Waals surface area contributed by atoms with Crippen molar-refractivity contribution in [1.82, 2.24) is 9.97 Å². The molecule has 3 nitrogen and oxygen atoms in total. The maximum absolute atomic E-state index is 12.2. The molecule has 0 aliphatic rings. The second-order valence-corrected chi connectivity index (χ2v) is 7.71. The van der Waals surface area contributed by atoms with Crippen molar-refractivity contribution in [3.63, 3.8) is 0 Å². The van der Waals surface area contributed by atoms with Gasteiger partial charge in [-0.2, -0.15) is 4.98 Å². The standard InChI is InChI=1S/C22H13ClN2OS/c23-16-7-4-8-17-18(16)20-21(27-17)19(24-22(26)25-20)15-11-9-14(10-12-15)13-5-2-1-3-6-13/h1-12H,(H,24,25,26). The molecular weight excluding hydrogens is 376 g/mol. The molecular formula is C22H13ClN2OS. The van der Waals surface area contributed by atoms with Gasteiger partial charge >= 0.3 is 5.69 Å². The summed E-state index contributed by atoms with van der Waals surface area (Å²) in [6, 6.07) is 24.1. The van der Waals surface area contributed by atoms with E-state index in [9.17, 15) is 4.79 Å². The minimum Gasteiger partial charge on any atom is -0.304 e. The minimum absolute atomic E-state index is 0.371. The molecule has 2 heterocycles. The first-order valence-corrected chi connectivity index (χ1v) is 9.67. The van der Waals surface area contributed by atoms with Crippen LogP contribution in [0.3, 0.4) is 0 Å². The fourth-order valence-electron chi connectivity index (χ4n) is 3.33. The third-order valence-electron chi connectivity index (χ3n) is 4.59. The number of aromatic nitrogens is 2. The molecule has 5 aromatic rings. The Morgan fingerprint density at radius 1 is 0.815 bits per heavy atom. The van der Waals surface area contributed by atoms with E-state index in [1.54, 1.807) is 11.3 Å². The molecule has 0 aliphatic carbocycles. The van der Waals surface area contributed by atoms with Gasteiger partial charge in [-0.25, -0.2) is 4.79 Å². The molecule has 0 saturated carbocycles. The van der Waals surface area contributed by atoms with Crippen LogP contribution in [0.1, 0.15) is 0 Å². The number of rotatable bonds is 2. The monoisotopic (exact) mass is 388 g/mol. The molecule has 0 fully saturated rings. The summed E-state index contributed by atoms with van der Waals surface area (Å²) in [7, 11) is 0. The molecule has 0 spiro atoms. The van der Waals surface area contributed by atoms with Crippen LogP contribution in [0.25, 0.3) is 42.7 Å². The number of fused-ring (bicyclic) bond motifs is 3. The normalized spacial score (nSPS) is 11.3. The lowest BCUT2D eigenvalue weighted by Gasteiger charge is -2.05. The molecule has 3 aromatic carbocycles. The molecule has 130 valence electrons. The summed E-state index contributed by atoms with van der Waals surface area (Å²) in [6.45, 7) is 0. The van der Waals surface area contributed by atoms with E-state index in [0.717, 1.165) is 37.0 Å². The lowest BCUT2D eigenvalue weighted by molar-refractivity contribution is 1.13. The van der Waals surface area contributed by atoms with E-state index in [1.165, 1.54) is 0 Å². The molecule has 27 heavy (non-hydrogen) atoms. The van der Waals surface area contributed by atoms with Crippen molar-refractivity contribution in [2.75, 3.05) is 0 Å². The lowest BCUT2D eigenvalue weighted by atomic mass is 10.0. The van der Waals surface area contributed by atoms with E-state index < -0.39 is 0 Å². The van der Waals surface area contributed by atoms with Crippen LogP contribution in [0.4, 0.5) is 0 Å². The molecule has 1 N–H and O–H groups in total. The quantitative estimate of drug-likeness (QED) is 0.395. The van der Waals surface area contributed by atoms with Crippen LogP contribution >= 0.6 is 22.9 Å². The van der Waals surface area contributed by atoms with Crippen molar-refractivity contribution in [3.05, 3.63) is 88.3 Å². The van der Waals surface area contributed by atoms with E-state index in [-0.39, 0.29) is 5.69 Å². The number of thiophene rings is 1. The van der Waals surface area contributed by atoms with E-state index in [2.05, 4.69) is 34.2 Å². The van der Waals surface area contributed by atoms with Gasteiger partial charge in [0.05, 0.1) is 20.9 Å². The van der Waals surface area contributed by atoms with Crippen LogP contribution in [0.5, 0.6) is 0 Å². The van der Waals surface area contributed by atoms with Crippen LogP contribution < -0.4 is 5.69 Å². The zero-order chi connectivity index (χ0) is 18.4. The van der Waals surface area contributed by atoms with Crippen molar-refractivity contribution < 1.29 is 0 Å². The molecule has 0 saturated heterocycles. The lowest BCUT2D eigenvalue weighted by Crippen LogP contribution is -2.10. The Morgan fingerprint density at radius 3 is 2.30 bits per heavy atom. The Hall–Kier alpha value is -2.95. The molecule has 0 unspecified atom stereocenters. The number of hydrogen-bond donors (Lipinski definition) is 1. The highest BCUT2D eigenvalue weighted by Gasteiger charge is 2.15. The number of aromatic amines is 1. The van der Waals surface area contributed by atoms with Gasteiger partial charge in [0.15, 0.2) is 0 Å². The molecule has 0 aliphatic heterocycles. The average molecular weight is 389 g/mol. The number of H-pyrrole nitrogens is 1. The number of hydrogen-bond acceptors (Lipinski definition) is 3. The summed E-state index contributed by atoms with van der Waals surface area (Å²) in [5.41, 5.74) is 4.26. The maximum Gasteiger partial charge on any atom is 0.346 e. The fourth-order valence-corrected chi connectivity index (χ4v) is 4.85. The zero-order valence-corrected chi connectivity index (χ0v) is 15.6. The molecule has 0 radical (unpaired) electrons. The predicted octanol–water partition coefficient (Wildman–Crippen LogP) is 6.13. The van der Waals surface area contributed by atoms with Crippen LogP contribution in [0.2, 0.25) is 5.02 Å². The Balaban J connectivity index is 1.72. The number of halogens is 1. The molecule has 5 rings (SSSR count). The first-order chi connectivity index (χ1) is 13.2. The second kappa shape index (κ2) is 6.34. The van der Waals surface area contributed by atoms with Crippen molar-refractivity contribution in [2.24, 2.45) is 0 Å². The van der Waals surface area contributed by atoms with E-state index >= 15 is 0 Å². The van der Waals surface area contributed by atoms with E-state index in [1.807, 2.05) is 48.5 Å². The summed E-state index contributed by atoms with van der Waals surface area (Å²) in [4.78, 5) is 19.3. The molecule has 0 amide bonds. The third-order valence-corrected chi connectivity index (χ3v) is 6.07. The molecule has 2 aromatic heterocycles. The van der Waals surface area contributed by atoms with Gasteiger partial charge in [-0.15, -0.1) is 11.3 Å². The summed E-state index contributed by atoms with van der Waals surface area (Å²) in [5, 5.41) is 1.51. The van der Waals surface area contributed by atoms with Gasteiger partial charge < -0.3 is 4.98 Å². The van der Waals surface area contributed by atoms with Crippen molar-refractivity contribution >= 4 is 43.2 Å². The first-order valence-electron chi connectivity index (χ1n) is 8.47. The maximum atomic E-state index is 12.2. The van der Waals surface area contributed by atoms with Crippen molar-refractivity contribution in [3.8, 4) is 22.4 Å². The highest BCUT2D eigenvalue weighted by molar-refractivity contribution is 7.26. The zero-order valence-electron chi connectivity index (χ0n) is 14.1. The van der Waals surface area contributed by atoms with E-state index in [0.29, 0.717) is 10.7 Å². The van der Waals surface area contributed by atoms with E-state index in [4.69, 9.17) is 11.6 Å². The first kappa shape index (κ1) is 16.2. The summed E-state index contributed by atoms with van der Waals surface area (Å²) >= 11 is 7.97. The molecule has 5 heteroatoms. The summed E-state index contributed by atoms with van der Waals surface area (Å²) < 4.78 is 1.97. The van der Waals surface area contributed by atoms with Gasteiger partial charge in [0.25, 0.3) is 0 Å². The van der Waals surface area contributed by atoms with Gasteiger partial charge in [-0.1, -0.05) is 72.3 Å². The predicted molar refractivity (Wildman–Crippen MR) is 114 cm³/mol. The van der Waals surface area contributed by atoms with Gasteiger partial charge in [-0.3, -0.25) is 0 Å². The largest absolute Gasteiger partial charge is 0.346 e. The van der Waals surface area contributed by atoms with Gasteiger partial charge in [0.1, 0.15) is 0 Å². The van der Waals surface area contributed by atoms with Crippen LogP contribution in [-0.2, 0) is 0 Å². The smallest absolute Gasteiger partial charge is 0.304 e. The fraction of sp³-hybridized carbons (Fsp3) is 0. The van der Waals surface area contributed by atoms with Crippen molar-refractivity contribution in [2.45, 2.75) is 0 Å². The summed E-state index contributed by atoms with van der Waals surface area (Å²) in [5.74, 6) is 0. The van der Waals surface area contributed by atoms with Gasteiger partial charge in [-0.05, 0) is 23.3 Å². The van der Waals surface area contributed by atoms with Crippen LogP contribution in [0, 0.1) is 0 Å². The average Bonchev–Trinajstić information content (AvgIpc) is 3.08. The Bertz CT molecular complexity index is 1340. The van der Waals surface area contributed by atoms with Crippen molar-refractivity contribution in [1.29, 1.82) is 0 Å². The Kier molecular flexibility index (Phi) is 3.81. The third kappa shape index (κ3) is 2.74. The van der Waals surface area contributed by atoms with Crippen LogP contribution in [-0.4, -0.2) is 9.97 Å². The number of nitrogens with one attached hydrogen (secondary N) is 1. The Morgan fingerprint density at radius 2 is 1.52 bits per heavy atom.